The van der Waals surface area contributed by atoms with Gasteiger partial charge in [-0.05, 0) is 238 Å². The highest BCUT2D eigenvalue weighted by molar-refractivity contribution is 7.33. The molecule has 0 amide bonds. The van der Waals surface area contributed by atoms with Crippen LogP contribution in [0.4, 0.5) is 45.5 Å². The molecule has 2 bridgehead atoms. The van der Waals surface area contributed by atoms with Crippen LogP contribution in [0.5, 0.6) is 0 Å². The molecule has 7 aromatic rings. The molecule has 3 nitrogen and oxygen atoms in total. The fraction of sp³-hybridized carbons (Fsp3) is 0.500. The maximum atomic E-state index is 2.89. The van der Waals surface area contributed by atoms with Gasteiger partial charge in [-0.1, -0.05) is 152 Å². The molecule has 9 aliphatic rings. The highest BCUT2D eigenvalue weighted by Crippen LogP contribution is 2.64. The maximum Gasteiger partial charge on any atom is 0.264 e. The second-order valence-corrected chi connectivity index (χ2v) is 33.5. The third-order valence-electron chi connectivity index (χ3n) is 24.5. The normalized spacial score (nSPS) is 27.5. The van der Waals surface area contributed by atoms with E-state index in [0.717, 1.165) is 6.42 Å². The van der Waals surface area contributed by atoms with Crippen LogP contribution in [-0.2, 0) is 43.3 Å². The molecular formula is C76H90BN3S. The van der Waals surface area contributed by atoms with Gasteiger partial charge in [0.1, 0.15) is 0 Å². The molecule has 81 heavy (non-hydrogen) atoms. The van der Waals surface area contributed by atoms with Gasteiger partial charge < -0.3 is 14.7 Å². The van der Waals surface area contributed by atoms with E-state index in [4.69, 9.17) is 0 Å². The molecule has 4 heterocycles. The Bertz CT molecular complexity index is 3900. The van der Waals surface area contributed by atoms with Crippen LogP contribution in [0.15, 0.2) is 91.0 Å². The van der Waals surface area contributed by atoms with Gasteiger partial charge in [0.05, 0.1) is 16.9 Å². The van der Waals surface area contributed by atoms with Crippen LogP contribution in [-0.4, -0.2) is 12.3 Å². The highest BCUT2D eigenvalue weighted by Gasteiger charge is 2.59. The maximum absolute atomic E-state index is 2.89. The number of hydrogen-bond acceptors (Lipinski definition) is 4. The van der Waals surface area contributed by atoms with Crippen molar-refractivity contribution in [1.29, 1.82) is 0 Å². The van der Waals surface area contributed by atoms with Gasteiger partial charge in [-0.15, -0.1) is 11.3 Å². The molecule has 0 N–H and O–H groups in total. The van der Waals surface area contributed by atoms with E-state index in [1.807, 2.05) is 0 Å². The zero-order valence-electron chi connectivity index (χ0n) is 52.5. The summed E-state index contributed by atoms with van der Waals surface area (Å²) in [5, 5.41) is 1.45. The lowest BCUT2D eigenvalue weighted by Crippen LogP contribution is -2.61. The van der Waals surface area contributed by atoms with Crippen LogP contribution in [0.1, 0.15) is 237 Å². The number of aryl methyl sites for hydroxylation is 1. The molecule has 16 rings (SSSR count). The minimum Gasteiger partial charge on any atom is -0.334 e. The number of fused-ring (bicyclic) bond motifs is 13. The molecular weight excluding hydrogens is 998 g/mol. The number of nitrogens with zero attached hydrogens (tertiary/aromatic N) is 3. The first-order chi connectivity index (χ1) is 38.0. The average Bonchev–Trinajstić information content (AvgIpc) is 4.16. The molecule has 1 aromatic heterocycles. The van der Waals surface area contributed by atoms with E-state index in [-0.39, 0.29) is 55.6 Å². The van der Waals surface area contributed by atoms with Crippen LogP contribution in [0.2, 0.25) is 0 Å². The standard InChI is InChI=1S/C76H90BN3S/c1-45-38-56-63(72(12,13)33-32-71(56,10)11)46(2)65(45)79-59-39-47(68(3,4)5)24-27-57(59)77-64-60(41-49(42-61(64)79)80-58-23-19-18-22-52(58)75(16)28-20-21-29-76(75,80)17)78(48-25-26-51-53(40-48)70(8,9)31-30-69(51,6)7)66-50-43-54-55(44-62(50)81-67(66)77)74(15)36-34-73(54,14)35-37-74/h18-19,22-27,38-44H,20-21,28-37H2,1-17H3. The molecule has 418 valence electrons. The van der Waals surface area contributed by atoms with Crippen LogP contribution in [0.25, 0.3) is 10.1 Å². The van der Waals surface area contributed by atoms with Crippen molar-refractivity contribution in [2.75, 3.05) is 14.7 Å². The predicted molar refractivity (Wildman–Crippen MR) is 351 cm³/mol. The minimum atomic E-state index is -0.121. The van der Waals surface area contributed by atoms with Crippen LogP contribution < -0.4 is 30.4 Å². The molecule has 6 aromatic carbocycles. The number of rotatable bonds is 3. The molecule has 2 unspecified atom stereocenters. The van der Waals surface area contributed by atoms with E-state index >= 15 is 0 Å². The fourth-order valence-corrected chi connectivity index (χ4v) is 20.3. The third-order valence-corrected chi connectivity index (χ3v) is 25.7. The summed E-state index contributed by atoms with van der Waals surface area (Å²) >= 11 is 2.12. The first-order valence-corrected chi connectivity index (χ1v) is 32.6. The minimum absolute atomic E-state index is 0.00792. The van der Waals surface area contributed by atoms with Crippen LogP contribution in [0.3, 0.4) is 0 Å². The van der Waals surface area contributed by atoms with Crippen molar-refractivity contribution >= 4 is 89.3 Å². The smallest absolute Gasteiger partial charge is 0.264 e. The van der Waals surface area contributed by atoms with Crippen molar-refractivity contribution in [3.63, 3.8) is 0 Å². The Morgan fingerprint density at radius 3 is 1.79 bits per heavy atom. The molecule has 6 aliphatic carbocycles. The Morgan fingerprint density at radius 2 is 1.10 bits per heavy atom. The van der Waals surface area contributed by atoms with Gasteiger partial charge in [0.25, 0.3) is 6.71 Å². The molecule has 5 heteroatoms. The van der Waals surface area contributed by atoms with Crippen molar-refractivity contribution < 1.29 is 0 Å². The van der Waals surface area contributed by atoms with Gasteiger partial charge in [-0.2, -0.15) is 0 Å². The molecule has 0 radical (unpaired) electrons. The van der Waals surface area contributed by atoms with Gasteiger partial charge in [0, 0.05) is 54.4 Å². The lowest BCUT2D eigenvalue weighted by Gasteiger charge is -2.52. The zero-order chi connectivity index (χ0) is 56.9. The fourth-order valence-electron chi connectivity index (χ4n) is 18.9. The van der Waals surface area contributed by atoms with E-state index in [1.165, 1.54) is 175 Å². The van der Waals surface area contributed by atoms with E-state index < -0.39 is 0 Å². The van der Waals surface area contributed by atoms with E-state index in [9.17, 15) is 0 Å². The summed E-state index contributed by atoms with van der Waals surface area (Å²) in [4.78, 5) is 8.60. The number of thiophene rings is 1. The Balaban J connectivity index is 1.11. The van der Waals surface area contributed by atoms with E-state index in [2.05, 4.69) is 235 Å². The summed E-state index contributed by atoms with van der Waals surface area (Å²) in [6.45, 7) is 42.8. The second-order valence-electron chi connectivity index (χ2n) is 32.4. The quantitative estimate of drug-likeness (QED) is 0.163. The van der Waals surface area contributed by atoms with Gasteiger partial charge in [0.15, 0.2) is 0 Å². The monoisotopic (exact) mass is 1090 g/mol. The first-order valence-electron chi connectivity index (χ1n) is 31.8. The summed E-state index contributed by atoms with van der Waals surface area (Å²) < 4.78 is 2.95. The summed E-state index contributed by atoms with van der Waals surface area (Å²) in [5.41, 5.74) is 29.4. The molecule has 2 fully saturated rings. The molecule has 0 spiro atoms. The lowest BCUT2D eigenvalue weighted by molar-refractivity contribution is 0.188. The average molecular weight is 1090 g/mol. The molecule has 3 aliphatic heterocycles. The summed E-state index contributed by atoms with van der Waals surface area (Å²) in [6, 6.07) is 38.7. The SMILES string of the molecule is Cc1cc2c(c(C)c1N1c3cc(C(C)(C)C)ccc3B3c4sc5cc6c(cc5c4N(c4ccc5c(c4)C(C)(C)CCC5(C)C)c4cc(N5c7ccccc7C7(C)CCCCC57C)cc1c43)C1(C)CCC6(C)CC1)C(C)(C)CCC2(C)C. The lowest BCUT2D eigenvalue weighted by atomic mass is 9.36. The van der Waals surface area contributed by atoms with Crippen LogP contribution >= 0.6 is 11.3 Å². The van der Waals surface area contributed by atoms with E-state index in [1.54, 1.807) is 22.3 Å². The van der Waals surface area contributed by atoms with Crippen molar-refractivity contribution in [2.45, 2.75) is 244 Å². The number of para-hydroxylation sites is 1. The number of benzene rings is 6. The zero-order valence-corrected chi connectivity index (χ0v) is 53.3. The van der Waals surface area contributed by atoms with Crippen molar-refractivity contribution in [2.24, 2.45) is 0 Å². The van der Waals surface area contributed by atoms with Gasteiger partial charge in [-0.25, -0.2) is 0 Å². The third kappa shape index (κ3) is 6.88. The Morgan fingerprint density at radius 1 is 0.481 bits per heavy atom. The molecule has 2 atom stereocenters. The number of hydrogen-bond donors (Lipinski definition) is 0. The van der Waals surface area contributed by atoms with Gasteiger partial charge >= 0.3 is 0 Å². The van der Waals surface area contributed by atoms with Crippen molar-refractivity contribution in [1.82, 2.24) is 0 Å². The van der Waals surface area contributed by atoms with Crippen LogP contribution in [0, 0.1) is 13.8 Å². The molecule has 2 saturated carbocycles. The van der Waals surface area contributed by atoms with Crippen molar-refractivity contribution in [3.05, 3.63) is 147 Å². The summed E-state index contributed by atoms with van der Waals surface area (Å²) in [5.74, 6) is 0. The van der Waals surface area contributed by atoms with Crippen molar-refractivity contribution in [3.8, 4) is 0 Å². The van der Waals surface area contributed by atoms with Gasteiger partial charge in [0.2, 0.25) is 0 Å². The Kier molecular flexibility index (Phi) is 10.6. The predicted octanol–water partition coefficient (Wildman–Crippen LogP) is 19.4. The summed E-state index contributed by atoms with van der Waals surface area (Å²) in [7, 11) is 0. The van der Waals surface area contributed by atoms with Gasteiger partial charge in [-0.3, -0.25) is 0 Å². The Hall–Kier alpha value is -5.26. The first kappa shape index (κ1) is 52.5. The number of anilines is 8. The largest absolute Gasteiger partial charge is 0.334 e. The van der Waals surface area contributed by atoms with E-state index in [0.29, 0.717) is 0 Å². The summed E-state index contributed by atoms with van der Waals surface area (Å²) in [6.07, 6.45) is 14.7. The second kappa shape index (κ2) is 16.3. The topological polar surface area (TPSA) is 9.72 Å². The Labute approximate surface area is 491 Å². The highest BCUT2D eigenvalue weighted by atomic mass is 32.1. The molecule has 0 saturated heterocycles.